The molecule has 0 radical (unpaired) electrons. The Morgan fingerprint density at radius 1 is 1.29 bits per heavy atom. The van der Waals surface area contributed by atoms with Crippen molar-refractivity contribution < 1.29 is 4.39 Å². The summed E-state index contributed by atoms with van der Waals surface area (Å²) in [5, 5.41) is 3.63. The second-order valence-electron chi connectivity index (χ2n) is 6.66. The molecule has 1 saturated carbocycles. The minimum Gasteiger partial charge on any atom is -0.310 e. The summed E-state index contributed by atoms with van der Waals surface area (Å²) in [7, 11) is 0. The zero-order valence-electron chi connectivity index (χ0n) is 13.8. The van der Waals surface area contributed by atoms with E-state index >= 15 is 0 Å². The Hall–Kier alpha value is -0.890. The third kappa shape index (κ3) is 4.29. The molecule has 1 nitrogen and oxygen atoms in total. The fourth-order valence-corrected chi connectivity index (χ4v) is 3.74. The lowest BCUT2D eigenvalue weighted by molar-refractivity contribution is 0.207. The van der Waals surface area contributed by atoms with Gasteiger partial charge in [-0.25, -0.2) is 4.39 Å². The summed E-state index contributed by atoms with van der Waals surface area (Å²) in [5.41, 5.74) is 2.03. The van der Waals surface area contributed by atoms with Gasteiger partial charge < -0.3 is 5.32 Å². The second kappa shape index (κ2) is 7.93. The Balaban J connectivity index is 2.22. The maximum Gasteiger partial charge on any atom is 0.128 e. The monoisotopic (exact) mass is 291 g/mol. The largest absolute Gasteiger partial charge is 0.310 e. The van der Waals surface area contributed by atoms with Crippen LogP contribution in [0.3, 0.4) is 0 Å². The molecule has 3 atom stereocenters. The molecular weight excluding hydrogens is 261 g/mol. The third-order valence-corrected chi connectivity index (χ3v) is 4.97. The van der Waals surface area contributed by atoms with Crippen molar-refractivity contribution in [1.29, 1.82) is 0 Å². The molecule has 0 spiro atoms. The van der Waals surface area contributed by atoms with E-state index in [-0.39, 0.29) is 11.9 Å². The van der Waals surface area contributed by atoms with E-state index in [9.17, 15) is 4.39 Å². The molecule has 0 amide bonds. The summed E-state index contributed by atoms with van der Waals surface area (Å²) in [6.07, 6.45) is 7.46. The molecule has 2 heteroatoms. The van der Waals surface area contributed by atoms with E-state index in [1.54, 1.807) is 6.07 Å². The van der Waals surface area contributed by atoms with Crippen molar-refractivity contribution in [1.82, 2.24) is 5.32 Å². The first-order chi connectivity index (χ1) is 10.2. The average molecular weight is 291 g/mol. The number of benzene rings is 1. The maximum atomic E-state index is 14.3. The molecule has 0 bridgehead atoms. The van der Waals surface area contributed by atoms with Gasteiger partial charge in [0.05, 0.1) is 0 Å². The van der Waals surface area contributed by atoms with Gasteiger partial charge in [-0.1, -0.05) is 50.8 Å². The van der Waals surface area contributed by atoms with Crippen molar-refractivity contribution in [3.8, 4) is 0 Å². The molecule has 0 aromatic heterocycles. The molecule has 21 heavy (non-hydrogen) atoms. The van der Waals surface area contributed by atoms with Crippen LogP contribution in [0, 0.1) is 24.6 Å². The number of aryl methyl sites for hydroxylation is 1. The van der Waals surface area contributed by atoms with E-state index in [2.05, 4.69) is 26.1 Å². The van der Waals surface area contributed by atoms with E-state index in [1.165, 1.54) is 32.1 Å². The van der Waals surface area contributed by atoms with Crippen LogP contribution in [0.25, 0.3) is 0 Å². The Labute approximate surface area is 129 Å². The highest BCUT2D eigenvalue weighted by Gasteiger charge is 2.29. The number of nitrogens with one attached hydrogen (secondary N) is 1. The van der Waals surface area contributed by atoms with Gasteiger partial charge in [0.2, 0.25) is 0 Å². The van der Waals surface area contributed by atoms with Crippen LogP contribution in [0.15, 0.2) is 18.2 Å². The Morgan fingerprint density at radius 2 is 2.10 bits per heavy atom. The molecule has 0 heterocycles. The smallest absolute Gasteiger partial charge is 0.128 e. The Kier molecular flexibility index (Phi) is 6.22. The van der Waals surface area contributed by atoms with E-state index in [0.717, 1.165) is 30.0 Å². The summed E-state index contributed by atoms with van der Waals surface area (Å²) in [5.74, 6) is 1.35. The van der Waals surface area contributed by atoms with Gasteiger partial charge in [-0.05, 0) is 50.6 Å². The van der Waals surface area contributed by atoms with E-state index in [0.29, 0.717) is 5.92 Å². The lowest BCUT2D eigenvalue weighted by Crippen LogP contribution is -2.33. The SMILES string of the molecule is CCCNC(c1cc(C)ccc1F)C1CCCC(CC)C1. The van der Waals surface area contributed by atoms with Gasteiger partial charge in [0, 0.05) is 11.6 Å². The van der Waals surface area contributed by atoms with Crippen molar-refractivity contribution in [2.75, 3.05) is 6.54 Å². The van der Waals surface area contributed by atoms with Gasteiger partial charge in [-0.15, -0.1) is 0 Å². The summed E-state index contributed by atoms with van der Waals surface area (Å²) in [6, 6.07) is 5.72. The number of hydrogen-bond donors (Lipinski definition) is 1. The number of hydrogen-bond acceptors (Lipinski definition) is 1. The molecular formula is C19H30FN. The molecule has 118 valence electrons. The molecule has 0 saturated heterocycles. The van der Waals surface area contributed by atoms with Crippen molar-refractivity contribution in [3.63, 3.8) is 0 Å². The average Bonchev–Trinajstić information content (AvgIpc) is 2.51. The molecule has 0 aliphatic heterocycles. The quantitative estimate of drug-likeness (QED) is 0.741. The predicted molar refractivity (Wildman–Crippen MR) is 87.9 cm³/mol. The maximum absolute atomic E-state index is 14.3. The molecule has 3 unspecified atom stereocenters. The summed E-state index contributed by atoms with van der Waals surface area (Å²) < 4.78 is 14.3. The van der Waals surface area contributed by atoms with Gasteiger partial charge >= 0.3 is 0 Å². The van der Waals surface area contributed by atoms with E-state index in [1.807, 2.05) is 12.1 Å². The highest BCUT2D eigenvalue weighted by atomic mass is 19.1. The van der Waals surface area contributed by atoms with Gasteiger partial charge in [-0.2, -0.15) is 0 Å². The van der Waals surface area contributed by atoms with Crippen LogP contribution in [0.4, 0.5) is 4.39 Å². The minimum absolute atomic E-state index is 0.0483. The van der Waals surface area contributed by atoms with Gasteiger partial charge in [-0.3, -0.25) is 0 Å². The highest BCUT2D eigenvalue weighted by molar-refractivity contribution is 5.27. The molecule has 1 N–H and O–H groups in total. The van der Waals surface area contributed by atoms with Gasteiger partial charge in [0.25, 0.3) is 0 Å². The fourth-order valence-electron chi connectivity index (χ4n) is 3.74. The van der Waals surface area contributed by atoms with Crippen molar-refractivity contribution in [2.24, 2.45) is 11.8 Å². The van der Waals surface area contributed by atoms with Crippen molar-refractivity contribution in [2.45, 2.75) is 65.3 Å². The number of rotatable bonds is 6. The number of halogens is 1. The second-order valence-corrected chi connectivity index (χ2v) is 6.66. The predicted octanol–water partition coefficient (Wildman–Crippen LogP) is 5.39. The highest BCUT2D eigenvalue weighted by Crippen LogP contribution is 2.39. The lowest BCUT2D eigenvalue weighted by Gasteiger charge is -2.35. The molecule has 1 aromatic carbocycles. The van der Waals surface area contributed by atoms with Crippen LogP contribution in [0.5, 0.6) is 0 Å². The minimum atomic E-state index is -0.0483. The van der Waals surface area contributed by atoms with Crippen LogP contribution in [-0.4, -0.2) is 6.54 Å². The Bertz CT molecular complexity index is 443. The van der Waals surface area contributed by atoms with Crippen LogP contribution < -0.4 is 5.32 Å². The zero-order valence-corrected chi connectivity index (χ0v) is 13.8. The normalized spacial score (nSPS) is 24.0. The van der Waals surface area contributed by atoms with Gasteiger partial charge in [0.1, 0.15) is 5.82 Å². The first-order valence-electron chi connectivity index (χ1n) is 8.65. The van der Waals surface area contributed by atoms with Crippen molar-refractivity contribution in [3.05, 3.63) is 35.1 Å². The molecule has 1 fully saturated rings. The first kappa shape index (κ1) is 16.5. The lowest BCUT2D eigenvalue weighted by atomic mass is 9.75. The summed E-state index contributed by atoms with van der Waals surface area (Å²) in [4.78, 5) is 0. The van der Waals surface area contributed by atoms with Crippen LogP contribution >= 0.6 is 0 Å². The van der Waals surface area contributed by atoms with E-state index in [4.69, 9.17) is 0 Å². The Morgan fingerprint density at radius 3 is 2.81 bits per heavy atom. The fraction of sp³-hybridized carbons (Fsp3) is 0.684. The standard InChI is InChI=1S/C19H30FN/c1-4-11-21-19(16-8-6-7-15(5-2)13-16)17-12-14(3)9-10-18(17)20/h9-10,12,15-16,19,21H,4-8,11,13H2,1-3H3. The molecule has 1 aromatic rings. The van der Waals surface area contributed by atoms with Crippen LogP contribution in [0.1, 0.15) is 69.5 Å². The molecule has 1 aliphatic carbocycles. The topological polar surface area (TPSA) is 12.0 Å². The third-order valence-electron chi connectivity index (χ3n) is 4.97. The first-order valence-corrected chi connectivity index (χ1v) is 8.65. The van der Waals surface area contributed by atoms with Gasteiger partial charge in [0.15, 0.2) is 0 Å². The summed E-state index contributed by atoms with van der Waals surface area (Å²) in [6.45, 7) is 7.47. The molecule has 1 aliphatic rings. The van der Waals surface area contributed by atoms with E-state index < -0.39 is 0 Å². The van der Waals surface area contributed by atoms with Crippen molar-refractivity contribution >= 4 is 0 Å². The summed E-state index contributed by atoms with van der Waals surface area (Å²) >= 11 is 0. The van der Waals surface area contributed by atoms with Crippen LogP contribution in [0.2, 0.25) is 0 Å². The molecule has 2 rings (SSSR count). The van der Waals surface area contributed by atoms with Crippen LogP contribution in [-0.2, 0) is 0 Å². The zero-order chi connectivity index (χ0) is 15.2.